The van der Waals surface area contributed by atoms with Crippen LogP contribution in [0.25, 0.3) is 0 Å². The number of carbonyl (C=O) groups excluding carboxylic acids is 2. The Bertz CT molecular complexity index is 1080. The van der Waals surface area contributed by atoms with Gasteiger partial charge in [0, 0.05) is 28.4 Å². The first-order valence-corrected chi connectivity index (χ1v) is 12.7. The Morgan fingerprint density at radius 2 is 1.50 bits per heavy atom. The van der Waals surface area contributed by atoms with Gasteiger partial charge in [0.15, 0.2) is 0 Å². The number of benzene rings is 3. The molecule has 0 aliphatic carbocycles. The van der Waals surface area contributed by atoms with Crippen LogP contribution in [-0.2, 0) is 22.6 Å². The fraction of sp³-hybridized carbons (Fsp3) is 0.286. The molecule has 0 aliphatic rings. The van der Waals surface area contributed by atoms with Gasteiger partial charge in [-0.15, -0.1) is 11.8 Å². The van der Waals surface area contributed by atoms with Crippen LogP contribution in [0, 0.1) is 0 Å². The van der Waals surface area contributed by atoms with E-state index in [9.17, 15) is 9.59 Å². The van der Waals surface area contributed by atoms with Crippen LogP contribution in [0.4, 0.5) is 0 Å². The van der Waals surface area contributed by atoms with Crippen molar-refractivity contribution in [2.24, 2.45) is 0 Å². The Balaban J connectivity index is 1.94. The number of nitrogens with one attached hydrogen (secondary N) is 1. The number of rotatable bonds is 9. The lowest BCUT2D eigenvalue weighted by molar-refractivity contribution is -0.140. The number of thioether (sulfide) groups is 1. The van der Waals surface area contributed by atoms with Crippen molar-refractivity contribution in [1.82, 2.24) is 10.2 Å². The molecule has 4 nitrogen and oxygen atoms in total. The number of hydrogen-bond acceptors (Lipinski definition) is 3. The van der Waals surface area contributed by atoms with Crippen LogP contribution in [0.1, 0.15) is 31.9 Å². The normalized spacial score (nSPS) is 12.1. The van der Waals surface area contributed by atoms with E-state index in [0.717, 1.165) is 16.0 Å². The standard InChI is InChI=1S/C28H31ClN2O2S/c1-28(2,3)30-27(33)25(18-21-12-6-4-7-13-21)31(19-22-14-10-11-17-24(22)29)26(32)20-34-23-15-8-5-9-16-23/h4-17,25H,18-20H2,1-3H3,(H,30,33)/t25-/m1/s1. The summed E-state index contributed by atoms with van der Waals surface area (Å²) >= 11 is 7.92. The molecule has 178 valence electrons. The van der Waals surface area contributed by atoms with Crippen LogP contribution in [0.3, 0.4) is 0 Å². The molecule has 0 saturated carbocycles. The van der Waals surface area contributed by atoms with Crippen molar-refractivity contribution >= 4 is 35.2 Å². The quantitative estimate of drug-likeness (QED) is 0.372. The van der Waals surface area contributed by atoms with Gasteiger partial charge in [-0.3, -0.25) is 9.59 Å². The first-order valence-electron chi connectivity index (χ1n) is 11.3. The number of nitrogens with zero attached hydrogens (tertiary/aromatic N) is 1. The summed E-state index contributed by atoms with van der Waals surface area (Å²) in [4.78, 5) is 29.8. The molecule has 3 aromatic carbocycles. The smallest absolute Gasteiger partial charge is 0.243 e. The minimum absolute atomic E-state index is 0.112. The fourth-order valence-corrected chi connectivity index (χ4v) is 4.56. The summed E-state index contributed by atoms with van der Waals surface area (Å²) in [6, 6.07) is 26.4. The summed E-state index contributed by atoms with van der Waals surface area (Å²) in [6.07, 6.45) is 0.412. The molecule has 0 unspecified atom stereocenters. The predicted octanol–water partition coefficient (Wildman–Crippen LogP) is 5.99. The Morgan fingerprint density at radius 3 is 2.12 bits per heavy atom. The molecule has 2 amide bonds. The highest BCUT2D eigenvalue weighted by atomic mass is 35.5. The molecule has 3 aromatic rings. The van der Waals surface area contributed by atoms with Gasteiger partial charge >= 0.3 is 0 Å². The maximum Gasteiger partial charge on any atom is 0.243 e. The van der Waals surface area contributed by atoms with E-state index in [0.29, 0.717) is 11.4 Å². The molecule has 0 heterocycles. The van der Waals surface area contributed by atoms with Gasteiger partial charge in [-0.25, -0.2) is 0 Å². The van der Waals surface area contributed by atoms with Crippen molar-refractivity contribution in [3.8, 4) is 0 Å². The van der Waals surface area contributed by atoms with Crippen molar-refractivity contribution in [3.63, 3.8) is 0 Å². The molecule has 0 fully saturated rings. The lowest BCUT2D eigenvalue weighted by Gasteiger charge is -2.34. The number of hydrogen-bond donors (Lipinski definition) is 1. The van der Waals surface area contributed by atoms with Gasteiger partial charge in [-0.05, 0) is 50.1 Å². The SMILES string of the molecule is CC(C)(C)NC(=O)[C@@H](Cc1ccccc1)N(Cc1ccccc1Cl)C(=O)CSc1ccccc1. The Hall–Kier alpha value is -2.76. The van der Waals surface area contributed by atoms with E-state index in [1.807, 2.05) is 99.6 Å². The van der Waals surface area contributed by atoms with Crippen LogP contribution < -0.4 is 5.32 Å². The van der Waals surface area contributed by atoms with Crippen molar-refractivity contribution in [3.05, 3.63) is 101 Å². The van der Waals surface area contributed by atoms with Crippen LogP contribution in [0.2, 0.25) is 5.02 Å². The monoisotopic (exact) mass is 494 g/mol. The molecule has 3 rings (SSSR count). The molecule has 6 heteroatoms. The molecule has 0 saturated heterocycles. The van der Waals surface area contributed by atoms with Crippen LogP contribution in [0.15, 0.2) is 89.8 Å². The van der Waals surface area contributed by atoms with E-state index in [1.54, 1.807) is 11.0 Å². The van der Waals surface area contributed by atoms with Gasteiger partial charge < -0.3 is 10.2 Å². The molecule has 0 radical (unpaired) electrons. The average molecular weight is 495 g/mol. The van der Waals surface area contributed by atoms with E-state index in [4.69, 9.17) is 11.6 Å². The second-order valence-corrected chi connectivity index (χ2v) is 10.6. The zero-order chi connectivity index (χ0) is 24.6. The maximum atomic E-state index is 13.6. The zero-order valence-corrected chi connectivity index (χ0v) is 21.4. The van der Waals surface area contributed by atoms with Gasteiger partial charge in [0.05, 0.1) is 5.75 Å². The molecule has 0 spiro atoms. The highest BCUT2D eigenvalue weighted by Gasteiger charge is 2.32. The van der Waals surface area contributed by atoms with E-state index < -0.39 is 11.6 Å². The minimum Gasteiger partial charge on any atom is -0.350 e. The molecule has 1 N–H and O–H groups in total. The third-order valence-electron chi connectivity index (χ3n) is 5.17. The Labute approximate surface area is 211 Å². The second kappa shape index (κ2) is 12.1. The van der Waals surface area contributed by atoms with Crippen molar-refractivity contribution in [2.45, 2.75) is 50.2 Å². The lowest BCUT2D eigenvalue weighted by Crippen LogP contribution is -2.54. The van der Waals surface area contributed by atoms with Crippen LogP contribution in [-0.4, -0.2) is 34.0 Å². The summed E-state index contributed by atoms with van der Waals surface area (Å²) in [5.41, 5.74) is 1.37. The summed E-state index contributed by atoms with van der Waals surface area (Å²) in [6.45, 7) is 6.07. The first kappa shape index (κ1) is 25.9. The summed E-state index contributed by atoms with van der Waals surface area (Å²) < 4.78 is 0. The van der Waals surface area contributed by atoms with Gasteiger partial charge in [0.25, 0.3) is 0 Å². The number of carbonyl (C=O) groups is 2. The highest BCUT2D eigenvalue weighted by Crippen LogP contribution is 2.23. The van der Waals surface area contributed by atoms with Crippen molar-refractivity contribution in [1.29, 1.82) is 0 Å². The zero-order valence-electron chi connectivity index (χ0n) is 19.8. The molecule has 0 aromatic heterocycles. The van der Waals surface area contributed by atoms with Gasteiger partial charge in [-0.2, -0.15) is 0 Å². The lowest BCUT2D eigenvalue weighted by atomic mass is 10.0. The molecular formula is C28H31ClN2O2S. The maximum absolute atomic E-state index is 13.6. The third-order valence-corrected chi connectivity index (χ3v) is 6.54. The first-order chi connectivity index (χ1) is 16.2. The Kier molecular flexibility index (Phi) is 9.20. The highest BCUT2D eigenvalue weighted by molar-refractivity contribution is 8.00. The number of amides is 2. The molecule has 1 atom stereocenters. The topological polar surface area (TPSA) is 49.4 Å². The van der Waals surface area contributed by atoms with Gasteiger partial charge in [0.2, 0.25) is 11.8 Å². The van der Waals surface area contributed by atoms with Crippen molar-refractivity contribution in [2.75, 3.05) is 5.75 Å². The van der Waals surface area contributed by atoms with E-state index >= 15 is 0 Å². The van der Waals surface area contributed by atoms with Crippen LogP contribution in [0.5, 0.6) is 0 Å². The van der Waals surface area contributed by atoms with Gasteiger partial charge in [-0.1, -0.05) is 78.3 Å². The molecule has 34 heavy (non-hydrogen) atoms. The molecule has 0 bridgehead atoms. The van der Waals surface area contributed by atoms with E-state index in [-0.39, 0.29) is 24.1 Å². The van der Waals surface area contributed by atoms with Crippen molar-refractivity contribution < 1.29 is 9.59 Å². The Morgan fingerprint density at radius 1 is 0.912 bits per heavy atom. The summed E-state index contributed by atoms with van der Waals surface area (Å²) in [5.74, 6) is -0.0667. The number of halogens is 1. The minimum atomic E-state index is -0.679. The average Bonchev–Trinajstić information content (AvgIpc) is 2.81. The summed E-state index contributed by atoms with van der Waals surface area (Å²) in [5, 5.41) is 3.65. The third kappa shape index (κ3) is 7.93. The molecular weight excluding hydrogens is 464 g/mol. The fourth-order valence-electron chi connectivity index (χ4n) is 3.56. The van der Waals surface area contributed by atoms with E-state index in [1.165, 1.54) is 11.8 Å². The second-order valence-electron chi connectivity index (χ2n) is 9.16. The molecule has 0 aliphatic heterocycles. The van der Waals surface area contributed by atoms with Crippen LogP contribution >= 0.6 is 23.4 Å². The largest absolute Gasteiger partial charge is 0.350 e. The van der Waals surface area contributed by atoms with Gasteiger partial charge in [0.1, 0.15) is 6.04 Å². The summed E-state index contributed by atoms with van der Waals surface area (Å²) in [7, 11) is 0. The van der Waals surface area contributed by atoms with E-state index in [2.05, 4.69) is 5.32 Å². The predicted molar refractivity (Wildman–Crippen MR) is 141 cm³/mol.